The molecule has 1 fully saturated rings. The summed E-state index contributed by atoms with van der Waals surface area (Å²) in [6.07, 6.45) is 2.51. The summed E-state index contributed by atoms with van der Waals surface area (Å²) in [6.45, 7) is 7.10. The largest absolute Gasteiger partial charge is 0.492 e. The van der Waals surface area contributed by atoms with E-state index in [0.29, 0.717) is 19.1 Å². The minimum Gasteiger partial charge on any atom is -0.492 e. The normalized spacial score (nSPS) is 17.5. The number of nitrogens with one attached hydrogen (secondary N) is 2. The summed E-state index contributed by atoms with van der Waals surface area (Å²) in [4.78, 5) is 17.8. The van der Waals surface area contributed by atoms with E-state index in [4.69, 9.17) is 4.74 Å². The molecule has 1 atom stereocenters. The standard InChI is InChI=1S/C18H28N4O2.HI/c1-14-6-5-10-22(13-14)18(19-3)20-9-11-24-17-8-4-7-16(12-17)21-15(2)23;/h4,7-8,12,14H,5-6,9-11,13H2,1-3H3,(H,19,20)(H,21,23);1H. The number of halogens is 1. The summed E-state index contributed by atoms with van der Waals surface area (Å²) < 4.78 is 5.74. The maximum absolute atomic E-state index is 11.1. The van der Waals surface area contributed by atoms with Crippen molar-refractivity contribution in [2.45, 2.75) is 26.7 Å². The summed E-state index contributed by atoms with van der Waals surface area (Å²) >= 11 is 0. The molecule has 2 rings (SSSR count). The zero-order chi connectivity index (χ0) is 17.4. The van der Waals surface area contributed by atoms with E-state index in [0.717, 1.165) is 30.5 Å². The van der Waals surface area contributed by atoms with Gasteiger partial charge in [-0.2, -0.15) is 0 Å². The maximum atomic E-state index is 11.1. The van der Waals surface area contributed by atoms with Gasteiger partial charge < -0.3 is 20.3 Å². The number of carbonyl (C=O) groups excluding carboxylic acids is 1. The van der Waals surface area contributed by atoms with Gasteiger partial charge in [0.1, 0.15) is 12.4 Å². The predicted molar refractivity (Wildman–Crippen MR) is 113 cm³/mol. The second-order valence-electron chi connectivity index (χ2n) is 6.22. The predicted octanol–water partition coefficient (Wildman–Crippen LogP) is 2.95. The Labute approximate surface area is 167 Å². The summed E-state index contributed by atoms with van der Waals surface area (Å²) in [7, 11) is 1.82. The molecule has 0 spiro atoms. The fourth-order valence-corrected chi connectivity index (χ4v) is 2.91. The molecule has 1 aromatic carbocycles. The van der Waals surface area contributed by atoms with Crippen LogP contribution in [-0.4, -0.2) is 50.1 Å². The number of likely N-dealkylation sites (tertiary alicyclic amines) is 1. The van der Waals surface area contributed by atoms with Crippen LogP contribution < -0.4 is 15.4 Å². The van der Waals surface area contributed by atoms with Gasteiger partial charge in [-0.05, 0) is 30.9 Å². The highest BCUT2D eigenvalue weighted by atomic mass is 127. The van der Waals surface area contributed by atoms with Crippen molar-refractivity contribution >= 4 is 41.5 Å². The third kappa shape index (κ3) is 7.50. The number of hydrogen-bond donors (Lipinski definition) is 2. The van der Waals surface area contributed by atoms with Crippen LogP contribution in [0, 0.1) is 5.92 Å². The van der Waals surface area contributed by atoms with E-state index >= 15 is 0 Å². The molecule has 0 radical (unpaired) electrons. The van der Waals surface area contributed by atoms with Crippen molar-refractivity contribution in [2.75, 3.05) is 38.6 Å². The van der Waals surface area contributed by atoms with Crippen molar-refractivity contribution in [3.05, 3.63) is 24.3 Å². The van der Waals surface area contributed by atoms with Crippen molar-refractivity contribution in [3.63, 3.8) is 0 Å². The van der Waals surface area contributed by atoms with Crippen LogP contribution in [0.25, 0.3) is 0 Å². The fourth-order valence-electron chi connectivity index (χ4n) is 2.91. The monoisotopic (exact) mass is 460 g/mol. The third-order valence-electron chi connectivity index (χ3n) is 3.98. The van der Waals surface area contributed by atoms with Crippen molar-refractivity contribution in [1.82, 2.24) is 10.2 Å². The highest BCUT2D eigenvalue weighted by Crippen LogP contribution is 2.17. The van der Waals surface area contributed by atoms with Gasteiger partial charge in [0.05, 0.1) is 6.54 Å². The Bertz CT molecular complexity index is 580. The lowest BCUT2D eigenvalue weighted by Gasteiger charge is -2.33. The summed E-state index contributed by atoms with van der Waals surface area (Å²) in [5.41, 5.74) is 0.742. The highest BCUT2D eigenvalue weighted by molar-refractivity contribution is 14.0. The first-order chi connectivity index (χ1) is 11.6. The molecular formula is C18H29IN4O2. The molecule has 2 N–H and O–H groups in total. The number of anilines is 1. The first-order valence-electron chi connectivity index (χ1n) is 8.54. The highest BCUT2D eigenvalue weighted by Gasteiger charge is 2.18. The first-order valence-corrected chi connectivity index (χ1v) is 8.54. The van der Waals surface area contributed by atoms with Crippen LogP contribution in [0.1, 0.15) is 26.7 Å². The molecule has 7 heteroatoms. The van der Waals surface area contributed by atoms with Crippen LogP contribution in [0.3, 0.4) is 0 Å². The lowest BCUT2D eigenvalue weighted by Crippen LogP contribution is -2.47. The number of ether oxygens (including phenoxy) is 1. The van der Waals surface area contributed by atoms with Gasteiger partial charge in [0.15, 0.2) is 5.96 Å². The smallest absolute Gasteiger partial charge is 0.221 e. The number of guanidine groups is 1. The van der Waals surface area contributed by atoms with Crippen LogP contribution >= 0.6 is 24.0 Å². The number of piperidine rings is 1. The molecule has 0 aliphatic carbocycles. The Morgan fingerprint density at radius 1 is 1.44 bits per heavy atom. The van der Waals surface area contributed by atoms with Gasteiger partial charge in [0.2, 0.25) is 5.91 Å². The molecule has 0 bridgehead atoms. The van der Waals surface area contributed by atoms with Gasteiger partial charge in [0.25, 0.3) is 0 Å². The maximum Gasteiger partial charge on any atom is 0.221 e. The van der Waals surface area contributed by atoms with Crippen LogP contribution in [0.4, 0.5) is 5.69 Å². The van der Waals surface area contributed by atoms with Crippen molar-refractivity contribution in [2.24, 2.45) is 10.9 Å². The van der Waals surface area contributed by atoms with Crippen LogP contribution in [0.5, 0.6) is 5.75 Å². The van der Waals surface area contributed by atoms with Gasteiger partial charge >= 0.3 is 0 Å². The van der Waals surface area contributed by atoms with Crippen molar-refractivity contribution < 1.29 is 9.53 Å². The average Bonchev–Trinajstić information content (AvgIpc) is 2.54. The van der Waals surface area contributed by atoms with E-state index in [1.165, 1.54) is 19.8 Å². The lowest BCUT2D eigenvalue weighted by atomic mass is 10.0. The Morgan fingerprint density at radius 2 is 2.24 bits per heavy atom. The van der Waals surface area contributed by atoms with E-state index in [9.17, 15) is 4.79 Å². The molecular weight excluding hydrogens is 431 g/mol. The molecule has 1 saturated heterocycles. The van der Waals surface area contributed by atoms with Crippen molar-refractivity contribution in [3.8, 4) is 5.75 Å². The molecule has 1 aliphatic heterocycles. The lowest BCUT2D eigenvalue weighted by molar-refractivity contribution is -0.114. The molecule has 1 amide bonds. The second-order valence-corrected chi connectivity index (χ2v) is 6.22. The number of rotatable bonds is 5. The van der Waals surface area contributed by atoms with Crippen LogP contribution in [0.2, 0.25) is 0 Å². The number of hydrogen-bond acceptors (Lipinski definition) is 3. The molecule has 1 aromatic rings. The Hall–Kier alpha value is -1.51. The van der Waals surface area contributed by atoms with Crippen molar-refractivity contribution in [1.29, 1.82) is 0 Å². The molecule has 140 valence electrons. The van der Waals surface area contributed by atoms with Crippen LogP contribution in [-0.2, 0) is 4.79 Å². The summed E-state index contributed by atoms with van der Waals surface area (Å²) in [5, 5.41) is 6.11. The van der Waals surface area contributed by atoms with E-state index in [-0.39, 0.29) is 29.9 Å². The Kier molecular flexibility index (Phi) is 9.62. The molecule has 1 heterocycles. The third-order valence-corrected chi connectivity index (χ3v) is 3.98. The van der Waals surface area contributed by atoms with Gasteiger partial charge in [-0.15, -0.1) is 24.0 Å². The zero-order valence-corrected chi connectivity index (χ0v) is 17.6. The summed E-state index contributed by atoms with van der Waals surface area (Å²) in [6, 6.07) is 7.41. The van der Waals surface area contributed by atoms with Crippen LogP contribution in [0.15, 0.2) is 29.3 Å². The SMILES string of the molecule is CN=C(NCCOc1cccc(NC(C)=O)c1)N1CCCC(C)C1.I. The van der Waals surface area contributed by atoms with Gasteiger partial charge in [0, 0.05) is 38.8 Å². The number of nitrogens with zero attached hydrogens (tertiary/aromatic N) is 2. The molecule has 0 saturated carbocycles. The first kappa shape index (κ1) is 21.5. The number of carbonyl (C=O) groups is 1. The van der Waals surface area contributed by atoms with E-state index in [2.05, 4.69) is 27.4 Å². The average molecular weight is 460 g/mol. The van der Waals surface area contributed by atoms with Gasteiger partial charge in [-0.1, -0.05) is 13.0 Å². The number of benzene rings is 1. The van der Waals surface area contributed by atoms with E-state index in [1.807, 2.05) is 31.3 Å². The quantitative estimate of drug-likeness (QED) is 0.307. The van der Waals surface area contributed by atoms with E-state index < -0.39 is 0 Å². The van der Waals surface area contributed by atoms with Gasteiger partial charge in [-0.25, -0.2) is 0 Å². The zero-order valence-electron chi connectivity index (χ0n) is 15.2. The number of amides is 1. The topological polar surface area (TPSA) is 66.0 Å². The second kappa shape index (κ2) is 11.2. The summed E-state index contributed by atoms with van der Waals surface area (Å²) in [5.74, 6) is 2.31. The number of aliphatic imine (C=N–C) groups is 1. The molecule has 25 heavy (non-hydrogen) atoms. The Balaban J connectivity index is 0.00000312. The van der Waals surface area contributed by atoms with Gasteiger partial charge in [-0.3, -0.25) is 9.79 Å². The van der Waals surface area contributed by atoms with E-state index in [1.54, 1.807) is 0 Å². The fraction of sp³-hybridized carbons (Fsp3) is 0.556. The minimum atomic E-state index is -0.0895. The Morgan fingerprint density at radius 3 is 2.92 bits per heavy atom. The molecule has 0 aromatic heterocycles. The molecule has 1 unspecified atom stereocenters. The molecule has 1 aliphatic rings. The molecule has 6 nitrogen and oxygen atoms in total. The minimum absolute atomic E-state index is 0.